The monoisotopic (exact) mass is 448 g/mol. The van der Waals surface area contributed by atoms with E-state index in [1.807, 2.05) is 66.7 Å². The van der Waals surface area contributed by atoms with Gasteiger partial charge in [-0.15, -0.1) is 0 Å². The van der Waals surface area contributed by atoms with Crippen LogP contribution in [-0.2, 0) is 0 Å². The summed E-state index contributed by atoms with van der Waals surface area (Å²) in [5.74, 6) is 0.718. The number of hydrogen-bond acceptors (Lipinski definition) is 3. The van der Waals surface area contributed by atoms with Crippen molar-refractivity contribution in [2.45, 2.75) is 5.16 Å². The van der Waals surface area contributed by atoms with Crippen molar-refractivity contribution in [3.05, 3.63) is 105 Å². The predicted octanol–water partition coefficient (Wildman–Crippen LogP) is 5.95. The molecule has 1 aromatic heterocycles. The van der Waals surface area contributed by atoms with E-state index in [-0.39, 0.29) is 5.56 Å². The highest BCUT2D eigenvalue weighted by Crippen LogP contribution is 2.22. The van der Waals surface area contributed by atoms with Gasteiger partial charge >= 0.3 is 0 Å². The molecule has 0 atom stereocenters. The summed E-state index contributed by atoms with van der Waals surface area (Å²) in [6, 6.07) is 25.3. The first kappa shape index (κ1) is 18.7. The van der Waals surface area contributed by atoms with Crippen molar-refractivity contribution in [2.24, 2.45) is 0 Å². The van der Waals surface area contributed by atoms with Gasteiger partial charge in [0.05, 0.1) is 16.6 Å². The second-order valence-corrected chi connectivity index (χ2v) is 8.06. The number of rotatable bonds is 5. The molecule has 0 aliphatic rings. The maximum absolute atomic E-state index is 13.2. The molecule has 1 heterocycles. The molecular formula is C23H17BrN2OS. The van der Waals surface area contributed by atoms with Crippen LogP contribution in [0.3, 0.4) is 0 Å². The van der Waals surface area contributed by atoms with Crippen molar-refractivity contribution in [2.75, 3.05) is 5.75 Å². The van der Waals surface area contributed by atoms with E-state index in [0.717, 1.165) is 27.0 Å². The molecular weight excluding hydrogens is 432 g/mol. The normalized spacial score (nSPS) is 11.3. The Bertz CT molecular complexity index is 1180. The number of aromatic nitrogens is 2. The third-order valence-electron chi connectivity index (χ3n) is 4.25. The molecule has 0 aliphatic heterocycles. The average Bonchev–Trinajstić information content (AvgIpc) is 2.73. The van der Waals surface area contributed by atoms with E-state index in [2.05, 4.69) is 40.2 Å². The fraction of sp³-hybridized carbons (Fsp3) is 0.0435. The first-order valence-corrected chi connectivity index (χ1v) is 10.6. The SMILES string of the molecule is O=c1c2ccccc2nc(SC/C=C/c2ccccc2)n1-c1ccc(Br)cc1. The number of nitrogens with zero attached hydrogens (tertiary/aromatic N) is 2. The van der Waals surface area contributed by atoms with Crippen molar-refractivity contribution in [1.82, 2.24) is 9.55 Å². The summed E-state index contributed by atoms with van der Waals surface area (Å²) in [7, 11) is 0. The van der Waals surface area contributed by atoms with Crippen LogP contribution in [0.5, 0.6) is 0 Å². The molecule has 28 heavy (non-hydrogen) atoms. The Morgan fingerprint density at radius 1 is 0.929 bits per heavy atom. The van der Waals surface area contributed by atoms with Gasteiger partial charge in [0.2, 0.25) is 0 Å². The number of benzene rings is 3. The molecule has 0 radical (unpaired) electrons. The van der Waals surface area contributed by atoms with Crippen LogP contribution >= 0.6 is 27.7 Å². The van der Waals surface area contributed by atoms with Gasteiger partial charge in [0.25, 0.3) is 5.56 Å². The predicted molar refractivity (Wildman–Crippen MR) is 121 cm³/mol. The topological polar surface area (TPSA) is 34.9 Å². The minimum atomic E-state index is -0.0533. The minimum Gasteiger partial charge on any atom is -0.268 e. The molecule has 0 saturated carbocycles. The van der Waals surface area contributed by atoms with Crippen molar-refractivity contribution >= 4 is 44.7 Å². The van der Waals surface area contributed by atoms with Crippen LogP contribution in [-0.4, -0.2) is 15.3 Å². The summed E-state index contributed by atoms with van der Waals surface area (Å²) in [5, 5.41) is 1.30. The first-order valence-electron chi connectivity index (χ1n) is 8.84. The van der Waals surface area contributed by atoms with E-state index in [4.69, 9.17) is 4.98 Å². The van der Waals surface area contributed by atoms with Crippen molar-refractivity contribution in [3.8, 4) is 5.69 Å². The number of thioether (sulfide) groups is 1. The van der Waals surface area contributed by atoms with E-state index in [1.165, 1.54) is 0 Å². The summed E-state index contributed by atoms with van der Waals surface area (Å²) >= 11 is 5.00. The molecule has 3 nitrogen and oxygen atoms in total. The Morgan fingerprint density at radius 2 is 1.64 bits per heavy atom. The number of para-hydroxylation sites is 1. The van der Waals surface area contributed by atoms with Crippen LogP contribution in [0, 0.1) is 0 Å². The Kier molecular flexibility index (Phi) is 5.74. The van der Waals surface area contributed by atoms with E-state index in [1.54, 1.807) is 16.3 Å². The second-order valence-electron chi connectivity index (χ2n) is 6.15. The van der Waals surface area contributed by atoms with Gasteiger partial charge in [-0.25, -0.2) is 4.98 Å². The number of fused-ring (bicyclic) bond motifs is 1. The lowest BCUT2D eigenvalue weighted by atomic mass is 10.2. The fourth-order valence-electron chi connectivity index (χ4n) is 2.90. The third-order valence-corrected chi connectivity index (χ3v) is 5.67. The van der Waals surface area contributed by atoms with Gasteiger partial charge in [-0.1, -0.05) is 82.3 Å². The maximum atomic E-state index is 13.2. The molecule has 0 saturated heterocycles. The third kappa shape index (κ3) is 4.11. The molecule has 138 valence electrons. The Morgan fingerprint density at radius 3 is 2.43 bits per heavy atom. The maximum Gasteiger partial charge on any atom is 0.266 e. The summed E-state index contributed by atoms with van der Waals surface area (Å²) in [5.41, 5.74) is 2.62. The molecule has 3 aromatic carbocycles. The zero-order chi connectivity index (χ0) is 19.3. The molecule has 4 aromatic rings. The molecule has 0 aliphatic carbocycles. The van der Waals surface area contributed by atoms with E-state index in [0.29, 0.717) is 10.5 Å². The summed E-state index contributed by atoms with van der Waals surface area (Å²) in [6.07, 6.45) is 4.17. The lowest BCUT2D eigenvalue weighted by molar-refractivity contribution is 0.820. The van der Waals surface area contributed by atoms with Crippen molar-refractivity contribution in [1.29, 1.82) is 0 Å². The van der Waals surface area contributed by atoms with Crippen molar-refractivity contribution in [3.63, 3.8) is 0 Å². The molecule has 4 rings (SSSR count). The van der Waals surface area contributed by atoms with Gasteiger partial charge in [-0.05, 0) is 42.0 Å². The molecule has 0 bridgehead atoms. The Labute approximate surface area is 175 Å². The number of hydrogen-bond donors (Lipinski definition) is 0. The lowest BCUT2D eigenvalue weighted by Crippen LogP contribution is -2.21. The van der Waals surface area contributed by atoms with Gasteiger partial charge in [0.15, 0.2) is 5.16 Å². The van der Waals surface area contributed by atoms with E-state index in [9.17, 15) is 4.79 Å². The quantitative estimate of drug-likeness (QED) is 0.279. The van der Waals surface area contributed by atoms with Gasteiger partial charge in [-0.3, -0.25) is 9.36 Å². The largest absolute Gasteiger partial charge is 0.268 e. The van der Waals surface area contributed by atoms with Crippen molar-refractivity contribution < 1.29 is 0 Å². The summed E-state index contributed by atoms with van der Waals surface area (Å²) in [4.78, 5) is 17.9. The minimum absolute atomic E-state index is 0.0533. The highest BCUT2D eigenvalue weighted by atomic mass is 79.9. The second kappa shape index (κ2) is 8.59. The zero-order valence-corrected chi connectivity index (χ0v) is 17.4. The van der Waals surface area contributed by atoms with Gasteiger partial charge in [0.1, 0.15) is 0 Å². The lowest BCUT2D eigenvalue weighted by Gasteiger charge is -2.12. The molecule has 0 unspecified atom stereocenters. The molecule has 0 N–H and O–H groups in total. The number of halogens is 1. The molecule has 0 spiro atoms. The molecule has 0 amide bonds. The summed E-state index contributed by atoms with van der Waals surface area (Å²) < 4.78 is 2.66. The van der Waals surface area contributed by atoms with Crippen LogP contribution in [0.25, 0.3) is 22.7 Å². The Hall–Kier alpha value is -2.63. The highest BCUT2D eigenvalue weighted by molar-refractivity contribution is 9.10. The van der Waals surface area contributed by atoms with Crippen LogP contribution < -0.4 is 5.56 Å². The molecule has 5 heteroatoms. The first-order chi connectivity index (χ1) is 13.7. The van der Waals surface area contributed by atoms with Crippen LogP contribution in [0.2, 0.25) is 0 Å². The standard InChI is InChI=1S/C23H17BrN2OS/c24-18-12-14-19(15-13-18)26-22(27)20-10-4-5-11-21(20)25-23(26)28-16-6-9-17-7-2-1-3-8-17/h1-15H,16H2/b9-6+. The van der Waals surface area contributed by atoms with Crippen LogP contribution in [0.4, 0.5) is 0 Å². The summed E-state index contributed by atoms with van der Waals surface area (Å²) in [6.45, 7) is 0. The van der Waals surface area contributed by atoms with Crippen LogP contribution in [0.1, 0.15) is 5.56 Å². The highest BCUT2D eigenvalue weighted by Gasteiger charge is 2.12. The molecule has 0 fully saturated rings. The zero-order valence-electron chi connectivity index (χ0n) is 15.0. The van der Waals surface area contributed by atoms with E-state index < -0.39 is 0 Å². The smallest absolute Gasteiger partial charge is 0.266 e. The van der Waals surface area contributed by atoms with E-state index >= 15 is 0 Å². The van der Waals surface area contributed by atoms with Gasteiger partial charge in [0, 0.05) is 10.2 Å². The van der Waals surface area contributed by atoms with Gasteiger partial charge < -0.3 is 0 Å². The van der Waals surface area contributed by atoms with Crippen LogP contribution in [0.15, 0.2) is 99.4 Å². The van der Waals surface area contributed by atoms with Gasteiger partial charge in [-0.2, -0.15) is 0 Å². The Balaban J connectivity index is 1.71. The average molecular weight is 449 g/mol. The fourth-order valence-corrected chi connectivity index (χ4v) is 3.98.